The zero-order valence-electron chi connectivity index (χ0n) is 7.55. The van der Waals surface area contributed by atoms with Gasteiger partial charge in [-0.05, 0) is 50.6 Å². The highest BCUT2D eigenvalue weighted by atomic mass is 15.1. The van der Waals surface area contributed by atoms with E-state index in [1.54, 1.807) is 0 Å². The Kier molecular flexibility index (Phi) is 2.17. The van der Waals surface area contributed by atoms with E-state index in [1.165, 1.54) is 45.3 Å². The van der Waals surface area contributed by atoms with Crippen molar-refractivity contribution in [2.75, 3.05) is 19.6 Å². The van der Waals surface area contributed by atoms with Crippen molar-refractivity contribution >= 4 is 0 Å². The topological polar surface area (TPSA) is 3.24 Å². The summed E-state index contributed by atoms with van der Waals surface area (Å²) in [6, 6.07) is 0. The van der Waals surface area contributed by atoms with Crippen LogP contribution in [0.5, 0.6) is 0 Å². The van der Waals surface area contributed by atoms with E-state index in [2.05, 4.69) is 11.8 Å². The van der Waals surface area contributed by atoms with Gasteiger partial charge in [0.15, 0.2) is 0 Å². The highest BCUT2D eigenvalue weighted by molar-refractivity contribution is 4.87. The van der Waals surface area contributed by atoms with Gasteiger partial charge in [0.25, 0.3) is 0 Å². The van der Waals surface area contributed by atoms with Crippen LogP contribution in [0.1, 0.15) is 32.6 Å². The molecule has 2 fully saturated rings. The molecule has 0 amide bonds. The molecule has 1 saturated heterocycles. The summed E-state index contributed by atoms with van der Waals surface area (Å²) in [5.41, 5.74) is 0. The SMILES string of the molecule is CCCN1CCC(C2CC2)C1. The molecular weight excluding hydrogens is 134 g/mol. The zero-order valence-corrected chi connectivity index (χ0v) is 7.55. The molecule has 1 nitrogen and oxygen atoms in total. The molecule has 0 aromatic heterocycles. The fourth-order valence-electron chi connectivity index (χ4n) is 2.33. The van der Waals surface area contributed by atoms with Gasteiger partial charge in [-0.2, -0.15) is 0 Å². The lowest BCUT2D eigenvalue weighted by Gasteiger charge is -2.13. The Balaban J connectivity index is 1.74. The van der Waals surface area contributed by atoms with Crippen LogP contribution in [0.25, 0.3) is 0 Å². The molecule has 0 aromatic rings. The highest BCUT2D eigenvalue weighted by Gasteiger charge is 2.35. The van der Waals surface area contributed by atoms with Crippen LogP contribution >= 0.6 is 0 Å². The van der Waals surface area contributed by atoms with Crippen molar-refractivity contribution in [3.63, 3.8) is 0 Å². The summed E-state index contributed by atoms with van der Waals surface area (Å²) in [6.07, 6.45) is 5.89. The molecule has 1 saturated carbocycles. The molecule has 0 N–H and O–H groups in total. The molecule has 64 valence electrons. The van der Waals surface area contributed by atoms with Crippen LogP contribution in [0.15, 0.2) is 0 Å². The third-order valence-electron chi connectivity index (χ3n) is 3.14. The first-order chi connectivity index (χ1) is 5.40. The van der Waals surface area contributed by atoms with Crippen molar-refractivity contribution in [1.82, 2.24) is 4.90 Å². The van der Waals surface area contributed by atoms with Gasteiger partial charge in [0, 0.05) is 6.54 Å². The van der Waals surface area contributed by atoms with Crippen LogP contribution in [-0.2, 0) is 0 Å². The second kappa shape index (κ2) is 3.14. The van der Waals surface area contributed by atoms with E-state index in [1.807, 2.05) is 0 Å². The van der Waals surface area contributed by atoms with E-state index in [4.69, 9.17) is 0 Å². The number of hydrogen-bond acceptors (Lipinski definition) is 1. The van der Waals surface area contributed by atoms with Gasteiger partial charge in [-0.25, -0.2) is 0 Å². The normalized spacial score (nSPS) is 33.0. The van der Waals surface area contributed by atoms with E-state index in [0.717, 1.165) is 11.8 Å². The Hall–Kier alpha value is -0.0400. The third kappa shape index (κ3) is 1.76. The lowest BCUT2D eigenvalue weighted by atomic mass is 10.0. The smallest absolute Gasteiger partial charge is 0.00128 e. The lowest BCUT2D eigenvalue weighted by Crippen LogP contribution is -2.21. The van der Waals surface area contributed by atoms with Gasteiger partial charge in [-0.1, -0.05) is 6.92 Å². The summed E-state index contributed by atoms with van der Waals surface area (Å²) < 4.78 is 0. The summed E-state index contributed by atoms with van der Waals surface area (Å²) in [6.45, 7) is 6.42. The molecule has 0 aromatic carbocycles. The second-order valence-corrected chi connectivity index (χ2v) is 4.19. The Morgan fingerprint density at radius 3 is 2.64 bits per heavy atom. The molecule has 1 atom stereocenters. The van der Waals surface area contributed by atoms with Gasteiger partial charge < -0.3 is 4.90 Å². The summed E-state index contributed by atoms with van der Waals surface area (Å²) in [5, 5.41) is 0. The van der Waals surface area contributed by atoms with Crippen molar-refractivity contribution in [1.29, 1.82) is 0 Å². The molecule has 2 aliphatic rings. The highest BCUT2D eigenvalue weighted by Crippen LogP contribution is 2.41. The molecule has 1 unspecified atom stereocenters. The molecule has 0 bridgehead atoms. The van der Waals surface area contributed by atoms with Crippen molar-refractivity contribution < 1.29 is 0 Å². The van der Waals surface area contributed by atoms with Crippen LogP contribution in [0.4, 0.5) is 0 Å². The Labute approximate surface area is 69.8 Å². The van der Waals surface area contributed by atoms with Gasteiger partial charge in [-0.15, -0.1) is 0 Å². The fraction of sp³-hybridized carbons (Fsp3) is 1.00. The minimum atomic E-state index is 1.08. The van der Waals surface area contributed by atoms with E-state index in [9.17, 15) is 0 Å². The molecule has 0 spiro atoms. The minimum absolute atomic E-state index is 1.08. The number of rotatable bonds is 3. The zero-order chi connectivity index (χ0) is 7.68. The maximum absolute atomic E-state index is 2.64. The average Bonchev–Trinajstić information content (AvgIpc) is 2.75. The quantitative estimate of drug-likeness (QED) is 0.600. The largest absolute Gasteiger partial charge is 0.303 e. The van der Waals surface area contributed by atoms with Crippen LogP contribution in [0, 0.1) is 11.8 Å². The monoisotopic (exact) mass is 153 g/mol. The van der Waals surface area contributed by atoms with Crippen LogP contribution in [-0.4, -0.2) is 24.5 Å². The molecule has 1 aliphatic carbocycles. The van der Waals surface area contributed by atoms with Crippen molar-refractivity contribution in [2.45, 2.75) is 32.6 Å². The van der Waals surface area contributed by atoms with Gasteiger partial charge in [0.1, 0.15) is 0 Å². The van der Waals surface area contributed by atoms with E-state index < -0.39 is 0 Å². The number of nitrogens with zero attached hydrogens (tertiary/aromatic N) is 1. The standard InChI is InChI=1S/C10H19N/c1-2-6-11-7-5-10(8-11)9-3-4-9/h9-10H,2-8H2,1H3. The molecule has 2 rings (SSSR count). The first-order valence-corrected chi connectivity index (χ1v) is 5.12. The molecule has 11 heavy (non-hydrogen) atoms. The van der Waals surface area contributed by atoms with Crippen LogP contribution < -0.4 is 0 Å². The average molecular weight is 153 g/mol. The second-order valence-electron chi connectivity index (χ2n) is 4.19. The molecular formula is C10H19N. The Morgan fingerprint density at radius 2 is 2.00 bits per heavy atom. The maximum Gasteiger partial charge on any atom is 0.00128 e. The Morgan fingerprint density at radius 1 is 1.18 bits per heavy atom. The van der Waals surface area contributed by atoms with Gasteiger partial charge in [0.05, 0.1) is 0 Å². The summed E-state index contributed by atoms with van der Waals surface area (Å²) >= 11 is 0. The van der Waals surface area contributed by atoms with Crippen molar-refractivity contribution in [3.05, 3.63) is 0 Å². The molecule has 1 heteroatoms. The lowest BCUT2D eigenvalue weighted by molar-refractivity contribution is 0.318. The molecule has 1 aliphatic heterocycles. The Bertz CT molecular complexity index is 129. The third-order valence-corrected chi connectivity index (χ3v) is 3.14. The minimum Gasteiger partial charge on any atom is -0.303 e. The molecule has 1 heterocycles. The van der Waals surface area contributed by atoms with E-state index >= 15 is 0 Å². The van der Waals surface area contributed by atoms with Crippen LogP contribution in [0.3, 0.4) is 0 Å². The van der Waals surface area contributed by atoms with Crippen LogP contribution in [0.2, 0.25) is 0 Å². The predicted octanol–water partition coefficient (Wildman–Crippen LogP) is 2.13. The summed E-state index contributed by atoms with van der Waals surface area (Å²) in [5.74, 6) is 2.22. The van der Waals surface area contributed by atoms with E-state index in [-0.39, 0.29) is 0 Å². The number of likely N-dealkylation sites (tertiary alicyclic amines) is 1. The first-order valence-electron chi connectivity index (χ1n) is 5.12. The predicted molar refractivity (Wildman–Crippen MR) is 47.6 cm³/mol. The first kappa shape index (κ1) is 7.60. The fourth-order valence-corrected chi connectivity index (χ4v) is 2.33. The summed E-state index contributed by atoms with van der Waals surface area (Å²) in [4.78, 5) is 2.64. The van der Waals surface area contributed by atoms with Gasteiger partial charge in [-0.3, -0.25) is 0 Å². The molecule has 0 radical (unpaired) electrons. The van der Waals surface area contributed by atoms with Crippen molar-refractivity contribution in [3.8, 4) is 0 Å². The van der Waals surface area contributed by atoms with Crippen molar-refractivity contribution in [2.24, 2.45) is 11.8 Å². The maximum atomic E-state index is 2.64. The summed E-state index contributed by atoms with van der Waals surface area (Å²) in [7, 11) is 0. The van der Waals surface area contributed by atoms with E-state index in [0.29, 0.717) is 0 Å². The van der Waals surface area contributed by atoms with Gasteiger partial charge >= 0.3 is 0 Å². The van der Waals surface area contributed by atoms with Gasteiger partial charge in [0.2, 0.25) is 0 Å². The number of hydrogen-bond donors (Lipinski definition) is 0.